The molecule has 2 amide bonds. The third kappa shape index (κ3) is 4.61. The zero-order valence-corrected chi connectivity index (χ0v) is 15.5. The summed E-state index contributed by atoms with van der Waals surface area (Å²) >= 11 is 0. The molecule has 2 N–H and O–H groups in total. The predicted molar refractivity (Wildman–Crippen MR) is 102 cm³/mol. The summed E-state index contributed by atoms with van der Waals surface area (Å²) in [6, 6.07) is 10.6. The summed E-state index contributed by atoms with van der Waals surface area (Å²) in [6.45, 7) is -0.691. The fourth-order valence-corrected chi connectivity index (χ4v) is 2.83. The number of nitrogens with zero attached hydrogens (tertiary/aromatic N) is 2. The van der Waals surface area contributed by atoms with Crippen molar-refractivity contribution in [3.8, 4) is 11.5 Å². The number of carbonyl (C=O) groups is 2. The fraction of sp³-hybridized carbons (Fsp3) is 0.263. The van der Waals surface area contributed by atoms with Crippen LogP contribution in [0.15, 0.2) is 42.5 Å². The molecule has 152 valence electrons. The second kappa shape index (κ2) is 8.57. The molecule has 10 heteroatoms. The van der Waals surface area contributed by atoms with Crippen LogP contribution in [0.1, 0.15) is 11.7 Å². The van der Waals surface area contributed by atoms with Gasteiger partial charge in [-0.05, 0) is 23.8 Å². The van der Waals surface area contributed by atoms with Gasteiger partial charge in [0, 0.05) is 18.7 Å². The Hall–Kier alpha value is -3.66. The van der Waals surface area contributed by atoms with Gasteiger partial charge in [0.1, 0.15) is 18.0 Å². The van der Waals surface area contributed by atoms with Crippen molar-refractivity contribution in [1.29, 1.82) is 0 Å². The molecule has 2 aromatic rings. The molecule has 29 heavy (non-hydrogen) atoms. The van der Waals surface area contributed by atoms with E-state index < -0.39 is 22.8 Å². The first-order chi connectivity index (χ1) is 13.9. The maximum Gasteiger partial charge on any atom is 0.271 e. The van der Waals surface area contributed by atoms with E-state index in [0.29, 0.717) is 11.3 Å². The minimum Gasteiger partial charge on any atom is -0.497 e. The minimum atomic E-state index is -0.946. The van der Waals surface area contributed by atoms with E-state index in [1.54, 1.807) is 24.3 Å². The van der Waals surface area contributed by atoms with Gasteiger partial charge in [-0.2, -0.15) is 0 Å². The lowest BCUT2D eigenvalue weighted by Gasteiger charge is -2.28. The summed E-state index contributed by atoms with van der Waals surface area (Å²) in [4.78, 5) is 36.0. The average Bonchev–Trinajstić information content (AvgIpc) is 2.73. The third-order valence-electron chi connectivity index (χ3n) is 4.39. The van der Waals surface area contributed by atoms with Gasteiger partial charge in [0.2, 0.25) is 5.91 Å². The van der Waals surface area contributed by atoms with E-state index in [1.807, 2.05) is 0 Å². The Morgan fingerprint density at radius 3 is 2.72 bits per heavy atom. The standard InChI is InChI=1S/C19H19N3O7/c1-28-14-5-2-12(3-6-14)16(23)9-20-18(24)10-21-15-8-13(22(26)27)4-7-17(15)29-11-19(21)25/h2-8,16,23H,9-11H2,1H3,(H,20,24). The molecule has 0 spiro atoms. The van der Waals surface area contributed by atoms with Crippen LogP contribution in [-0.2, 0) is 9.59 Å². The molecule has 1 heterocycles. The highest BCUT2D eigenvalue weighted by Gasteiger charge is 2.29. The van der Waals surface area contributed by atoms with Crippen LogP contribution in [0.4, 0.5) is 11.4 Å². The van der Waals surface area contributed by atoms with Crippen LogP contribution in [0.25, 0.3) is 0 Å². The zero-order valence-electron chi connectivity index (χ0n) is 15.5. The summed E-state index contributed by atoms with van der Waals surface area (Å²) in [7, 11) is 1.53. The van der Waals surface area contributed by atoms with Crippen LogP contribution in [-0.4, -0.2) is 48.7 Å². The van der Waals surface area contributed by atoms with E-state index in [1.165, 1.54) is 25.3 Å². The molecule has 1 atom stereocenters. The highest BCUT2D eigenvalue weighted by Crippen LogP contribution is 2.35. The number of methoxy groups -OCH3 is 1. The van der Waals surface area contributed by atoms with Crippen LogP contribution in [0.5, 0.6) is 11.5 Å². The number of amides is 2. The van der Waals surface area contributed by atoms with E-state index in [-0.39, 0.29) is 36.8 Å². The number of nitro benzene ring substituents is 1. The normalized spacial score (nSPS) is 13.9. The lowest BCUT2D eigenvalue weighted by molar-refractivity contribution is -0.384. The minimum absolute atomic E-state index is 0.0640. The monoisotopic (exact) mass is 401 g/mol. The largest absolute Gasteiger partial charge is 0.497 e. The van der Waals surface area contributed by atoms with Crippen LogP contribution >= 0.6 is 0 Å². The summed E-state index contributed by atoms with van der Waals surface area (Å²) in [5.74, 6) is -0.0982. The molecule has 0 bridgehead atoms. The molecular weight excluding hydrogens is 382 g/mol. The van der Waals surface area contributed by atoms with Gasteiger partial charge in [0.05, 0.1) is 23.8 Å². The van der Waals surface area contributed by atoms with Gasteiger partial charge in [0.25, 0.3) is 11.6 Å². The highest BCUT2D eigenvalue weighted by atomic mass is 16.6. The number of anilines is 1. The van der Waals surface area contributed by atoms with Crippen LogP contribution in [0.2, 0.25) is 0 Å². The molecule has 10 nitrogen and oxygen atoms in total. The van der Waals surface area contributed by atoms with Crippen molar-refractivity contribution in [2.45, 2.75) is 6.10 Å². The van der Waals surface area contributed by atoms with E-state index in [4.69, 9.17) is 9.47 Å². The third-order valence-corrected chi connectivity index (χ3v) is 4.39. The Labute approximate surface area is 165 Å². The van der Waals surface area contributed by atoms with Gasteiger partial charge in [0.15, 0.2) is 6.61 Å². The molecule has 0 fully saturated rings. The van der Waals surface area contributed by atoms with Crippen molar-refractivity contribution < 1.29 is 29.1 Å². The Balaban J connectivity index is 1.65. The summed E-state index contributed by atoms with van der Waals surface area (Å²) in [5.41, 5.74) is 0.526. The number of hydrogen-bond donors (Lipinski definition) is 2. The molecule has 0 aromatic heterocycles. The van der Waals surface area contributed by atoms with Crippen molar-refractivity contribution in [3.05, 3.63) is 58.1 Å². The Morgan fingerprint density at radius 1 is 1.34 bits per heavy atom. The first-order valence-electron chi connectivity index (χ1n) is 8.69. The van der Waals surface area contributed by atoms with Gasteiger partial charge in [-0.15, -0.1) is 0 Å². The first kappa shape index (κ1) is 20.1. The SMILES string of the molecule is COc1ccc(C(O)CNC(=O)CN2C(=O)COc3ccc([N+](=O)[O-])cc32)cc1. The lowest BCUT2D eigenvalue weighted by atomic mass is 10.1. The van der Waals surface area contributed by atoms with Gasteiger partial charge in [-0.3, -0.25) is 24.6 Å². The van der Waals surface area contributed by atoms with Crippen LogP contribution in [0, 0.1) is 10.1 Å². The smallest absolute Gasteiger partial charge is 0.271 e. The number of fused-ring (bicyclic) bond motifs is 1. The number of carbonyl (C=O) groups excluding carboxylic acids is 2. The second-order valence-corrected chi connectivity index (χ2v) is 6.27. The van der Waals surface area contributed by atoms with Crippen molar-refractivity contribution in [2.24, 2.45) is 0 Å². The molecule has 0 saturated heterocycles. The maximum absolute atomic E-state index is 12.3. The molecule has 0 saturated carbocycles. The Morgan fingerprint density at radius 2 is 2.07 bits per heavy atom. The summed E-state index contributed by atoms with van der Waals surface area (Å²) < 4.78 is 10.3. The van der Waals surface area contributed by atoms with Crippen molar-refractivity contribution >= 4 is 23.2 Å². The van der Waals surface area contributed by atoms with Gasteiger partial charge < -0.3 is 19.9 Å². The Kier molecular flexibility index (Phi) is 5.93. The summed E-state index contributed by atoms with van der Waals surface area (Å²) in [5, 5.41) is 23.8. The number of nitrogens with one attached hydrogen (secondary N) is 1. The second-order valence-electron chi connectivity index (χ2n) is 6.27. The van der Waals surface area contributed by atoms with Crippen molar-refractivity contribution in [3.63, 3.8) is 0 Å². The average molecular weight is 401 g/mol. The zero-order chi connectivity index (χ0) is 21.0. The number of benzene rings is 2. The lowest BCUT2D eigenvalue weighted by Crippen LogP contribution is -2.45. The highest BCUT2D eigenvalue weighted by molar-refractivity contribution is 6.02. The topological polar surface area (TPSA) is 131 Å². The van der Waals surface area contributed by atoms with E-state index in [0.717, 1.165) is 4.90 Å². The van der Waals surface area contributed by atoms with Crippen molar-refractivity contribution in [2.75, 3.05) is 31.7 Å². The molecular formula is C19H19N3O7. The van der Waals surface area contributed by atoms with Crippen LogP contribution in [0.3, 0.4) is 0 Å². The number of ether oxygens (including phenoxy) is 2. The van der Waals surface area contributed by atoms with Gasteiger partial charge in [-0.1, -0.05) is 12.1 Å². The fourth-order valence-electron chi connectivity index (χ4n) is 2.83. The quantitative estimate of drug-likeness (QED) is 0.526. The summed E-state index contributed by atoms with van der Waals surface area (Å²) in [6.07, 6.45) is -0.946. The maximum atomic E-state index is 12.3. The number of aliphatic hydroxyl groups excluding tert-OH is 1. The van der Waals surface area contributed by atoms with Crippen molar-refractivity contribution in [1.82, 2.24) is 5.32 Å². The van der Waals surface area contributed by atoms with Gasteiger partial charge >= 0.3 is 0 Å². The molecule has 0 aliphatic carbocycles. The molecule has 1 aliphatic rings. The number of rotatable bonds is 7. The number of aliphatic hydroxyl groups is 1. The van der Waals surface area contributed by atoms with Crippen LogP contribution < -0.4 is 19.7 Å². The molecule has 1 unspecified atom stereocenters. The van der Waals surface area contributed by atoms with E-state index in [2.05, 4.69) is 5.32 Å². The Bertz CT molecular complexity index is 930. The molecule has 1 aliphatic heterocycles. The first-order valence-corrected chi connectivity index (χ1v) is 8.69. The van der Waals surface area contributed by atoms with E-state index in [9.17, 15) is 24.8 Å². The number of non-ortho nitro benzene ring substituents is 1. The van der Waals surface area contributed by atoms with E-state index >= 15 is 0 Å². The number of hydrogen-bond acceptors (Lipinski definition) is 7. The number of nitro groups is 1. The molecule has 0 radical (unpaired) electrons. The van der Waals surface area contributed by atoms with Gasteiger partial charge in [-0.25, -0.2) is 0 Å². The molecule has 3 rings (SSSR count). The predicted octanol–water partition coefficient (Wildman–Crippen LogP) is 1.18. The molecule has 2 aromatic carbocycles.